The maximum Gasteiger partial charge on any atom is 0.306 e. The van der Waals surface area contributed by atoms with Crippen molar-refractivity contribution in [1.82, 2.24) is 0 Å². The SMILES string of the molecule is O=C(C(=O)N(C(=O)c1ccccc1)c1ccccc1)c1ccccc1. The van der Waals surface area contributed by atoms with Crippen molar-refractivity contribution < 1.29 is 14.4 Å². The minimum Gasteiger partial charge on any atom is -0.283 e. The van der Waals surface area contributed by atoms with Gasteiger partial charge in [-0.15, -0.1) is 0 Å². The van der Waals surface area contributed by atoms with Crippen LogP contribution < -0.4 is 4.90 Å². The first kappa shape index (κ1) is 16.3. The summed E-state index contributed by atoms with van der Waals surface area (Å²) in [6.45, 7) is 0. The number of rotatable bonds is 4. The number of benzene rings is 3. The third-order valence-electron chi connectivity index (χ3n) is 3.67. The van der Waals surface area contributed by atoms with Crippen molar-refractivity contribution in [3.05, 3.63) is 102 Å². The zero-order valence-corrected chi connectivity index (χ0v) is 13.3. The summed E-state index contributed by atoms with van der Waals surface area (Å²) in [5, 5.41) is 0. The standard InChI is InChI=1S/C21H15NO3/c23-19(16-10-4-1-5-11-16)21(25)22(18-14-8-3-9-15-18)20(24)17-12-6-2-7-13-17/h1-15H. The Labute approximate surface area is 145 Å². The van der Waals surface area contributed by atoms with E-state index in [2.05, 4.69) is 0 Å². The van der Waals surface area contributed by atoms with Gasteiger partial charge in [-0.2, -0.15) is 0 Å². The molecule has 0 fully saturated rings. The lowest BCUT2D eigenvalue weighted by Crippen LogP contribution is -2.41. The van der Waals surface area contributed by atoms with Gasteiger partial charge >= 0.3 is 5.91 Å². The summed E-state index contributed by atoms with van der Waals surface area (Å²) in [5.41, 5.74) is 0.931. The molecule has 0 atom stereocenters. The van der Waals surface area contributed by atoms with Crippen LogP contribution >= 0.6 is 0 Å². The smallest absolute Gasteiger partial charge is 0.283 e. The lowest BCUT2D eigenvalue weighted by molar-refractivity contribution is -0.114. The minimum absolute atomic E-state index is 0.245. The molecule has 0 heterocycles. The molecule has 0 N–H and O–H groups in total. The van der Waals surface area contributed by atoms with Gasteiger partial charge in [0.15, 0.2) is 0 Å². The van der Waals surface area contributed by atoms with Crippen molar-refractivity contribution in [3.63, 3.8) is 0 Å². The molecule has 3 rings (SSSR count). The Morgan fingerprint density at radius 2 is 1.00 bits per heavy atom. The van der Waals surface area contributed by atoms with E-state index in [-0.39, 0.29) is 5.56 Å². The van der Waals surface area contributed by atoms with Crippen LogP contribution in [0.25, 0.3) is 0 Å². The van der Waals surface area contributed by atoms with Crippen LogP contribution in [-0.2, 0) is 4.79 Å². The highest BCUT2D eigenvalue weighted by atomic mass is 16.2. The molecule has 3 aromatic carbocycles. The van der Waals surface area contributed by atoms with E-state index in [9.17, 15) is 14.4 Å². The third-order valence-corrected chi connectivity index (χ3v) is 3.67. The molecule has 0 aromatic heterocycles. The van der Waals surface area contributed by atoms with E-state index in [1.54, 1.807) is 91.0 Å². The van der Waals surface area contributed by atoms with Gasteiger partial charge in [-0.3, -0.25) is 14.4 Å². The van der Waals surface area contributed by atoms with Gasteiger partial charge in [0, 0.05) is 11.1 Å². The summed E-state index contributed by atoms with van der Waals surface area (Å²) in [6, 6.07) is 25.1. The average Bonchev–Trinajstić information content (AvgIpc) is 2.69. The van der Waals surface area contributed by atoms with Gasteiger partial charge in [-0.1, -0.05) is 66.7 Å². The number of hydrogen-bond donors (Lipinski definition) is 0. The molecule has 4 nitrogen and oxygen atoms in total. The minimum atomic E-state index is -0.883. The highest BCUT2D eigenvalue weighted by Crippen LogP contribution is 2.19. The monoisotopic (exact) mass is 329 g/mol. The van der Waals surface area contributed by atoms with E-state index >= 15 is 0 Å². The Bertz CT molecular complexity index is 890. The average molecular weight is 329 g/mol. The van der Waals surface area contributed by atoms with Crippen molar-refractivity contribution in [2.45, 2.75) is 0 Å². The van der Waals surface area contributed by atoms with Crippen LogP contribution in [0.2, 0.25) is 0 Å². The molecule has 0 saturated carbocycles. The van der Waals surface area contributed by atoms with E-state index < -0.39 is 17.6 Å². The van der Waals surface area contributed by atoms with Crippen LogP contribution in [0.3, 0.4) is 0 Å². The molecular weight excluding hydrogens is 314 g/mol. The first-order chi connectivity index (χ1) is 12.2. The summed E-state index contributed by atoms with van der Waals surface area (Å²) in [4.78, 5) is 39.2. The maximum atomic E-state index is 12.9. The molecule has 0 radical (unpaired) electrons. The Morgan fingerprint density at radius 3 is 1.52 bits per heavy atom. The first-order valence-corrected chi connectivity index (χ1v) is 7.77. The maximum absolute atomic E-state index is 12.9. The van der Waals surface area contributed by atoms with Crippen LogP contribution in [0.5, 0.6) is 0 Å². The van der Waals surface area contributed by atoms with Gasteiger partial charge in [-0.25, -0.2) is 4.90 Å². The molecule has 25 heavy (non-hydrogen) atoms. The molecule has 4 heteroatoms. The van der Waals surface area contributed by atoms with Crippen LogP contribution in [0.1, 0.15) is 20.7 Å². The van der Waals surface area contributed by atoms with Crippen molar-refractivity contribution >= 4 is 23.3 Å². The summed E-state index contributed by atoms with van der Waals surface area (Å²) in [6.07, 6.45) is 0. The number of amides is 2. The van der Waals surface area contributed by atoms with Crippen molar-refractivity contribution in [2.24, 2.45) is 0 Å². The summed E-state index contributed by atoms with van der Waals surface area (Å²) in [7, 11) is 0. The number of carbonyl (C=O) groups excluding carboxylic acids is 3. The van der Waals surface area contributed by atoms with Gasteiger partial charge in [0.1, 0.15) is 0 Å². The number of ketones is 1. The van der Waals surface area contributed by atoms with Crippen molar-refractivity contribution in [2.75, 3.05) is 4.90 Å². The van der Waals surface area contributed by atoms with E-state index in [4.69, 9.17) is 0 Å². The predicted molar refractivity (Wildman–Crippen MR) is 95.5 cm³/mol. The summed E-state index contributed by atoms with van der Waals surface area (Å²) >= 11 is 0. The fourth-order valence-corrected chi connectivity index (χ4v) is 2.43. The molecule has 0 aliphatic rings. The highest BCUT2D eigenvalue weighted by molar-refractivity contribution is 6.51. The predicted octanol–water partition coefficient (Wildman–Crippen LogP) is 3.74. The molecule has 3 aromatic rings. The molecule has 0 spiro atoms. The number of anilines is 1. The number of hydrogen-bond acceptors (Lipinski definition) is 3. The van der Waals surface area contributed by atoms with Crippen molar-refractivity contribution in [3.8, 4) is 0 Å². The third kappa shape index (κ3) is 3.53. The quantitative estimate of drug-likeness (QED) is 0.541. The molecule has 2 amide bonds. The summed E-state index contributed by atoms with van der Waals surface area (Å²) < 4.78 is 0. The molecule has 0 aliphatic heterocycles. The lowest BCUT2D eigenvalue weighted by atomic mass is 10.1. The van der Waals surface area contributed by atoms with Gasteiger partial charge in [0.2, 0.25) is 0 Å². The molecule has 0 saturated heterocycles. The van der Waals surface area contributed by atoms with Gasteiger partial charge in [-0.05, 0) is 24.3 Å². The van der Waals surface area contributed by atoms with Crippen LogP contribution in [0.15, 0.2) is 91.0 Å². The van der Waals surface area contributed by atoms with Gasteiger partial charge in [0.05, 0.1) is 5.69 Å². The van der Waals surface area contributed by atoms with Crippen molar-refractivity contribution in [1.29, 1.82) is 0 Å². The normalized spacial score (nSPS) is 10.1. The fraction of sp³-hybridized carbons (Fsp3) is 0. The number of Topliss-reactive ketones (excluding diaryl/α,β-unsaturated/α-hetero) is 1. The molecular formula is C21H15NO3. The Kier molecular flexibility index (Phi) is 4.81. The first-order valence-electron chi connectivity index (χ1n) is 7.77. The van der Waals surface area contributed by atoms with E-state index in [0.29, 0.717) is 11.3 Å². The Balaban J connectivity index is 2.01. The van der Waals surface area contributed by atoms with Gasteiger partial charge < -0.3 is 0 Å². The zero-order chi connectivity index (χ0) is 17.6. The number of nitrogens with zero attached hydrogens (tertiary/aromatic N) is 1. The number of imide groups is 1. The lowest BCUT2D eigenvalue weighted by Gasteiger charge is -2.20. The van der Waals surface area contributed by atoms with E-state index in [1.165, 1.54) is 0 Å². The topological polar surface area (TPSA) is 54.5 Å². The highest BCUT2D eigenvalue weighted by Gasteiger charge is 2.30. The number of para-hydroxylation sites is 1. The molecule has 0 unspecified atom stereocenters. The van der Waals surface area contributed by atoms with Crippen LogP contribution in [0, 0.1) is 0 Å². The molecule has 122 valence electrons. The molecule has 0 bridgehead atoms. The number of carbonyl (C=O) groups is 3. The Morgan fingerprint density at radius 1 is 0.560 bits per heavy atom. The fourth-order valence-electron chi connectivity index (χ4n) is 2.43. The zero-order valence-electron chi connectivity index (χ0n) is 13.3. The van der Waals surface area contributed by atoms with Crippen LogP contribution in [0.4, 0.5) is 5.69 Å². The summed E-state index contributed by atoms with van der Waals surface area (Å²) in [5.74, 6) is -2.15. The second-order valence-electron chi connectivity index (χ2n) is 5.34. The molecule has 0 aliphatic carbocycles. The largest absolute Gasteiger partial charge is 0.306 e. The van der Waals surface area contributed by atoms with Crippen LogP contribution in [-0.4, -0.2) is 17.6 Å². The van der Waals surface area contributed by atoms with E-state index in [1.807, 2.05) is 0 Å². The second kappa shape index (κ2) is 7.36. The van der Waals surface area contributed by atoms with Gasteiger partial charge in [0.25, 0.3) is 11.7 Å². The Hall–Kier alpha value is -3.53. The van der Waals surface area contributed by atoms with E-state index in [0.717, 1.165) is 4.90 Å². The second-order valence-corrected chi connectivity index (χ2v) is 5.34.